The molecule has 8 rings (SSSR count). The Kier molecular flexibility index (Phi) is 12.8. The second-order valence-electron chi connectivity index (χ2n) is 17.4. The zero-order chi connectivity index (χ0) is 46.4. The standard InChI is InChI=1S/C44H48F2IN9O8S/c1-3-53(2)65(62,63)52-34-8-6-31(45)40(30(34)24-48)64-28-5-7-33-29(19-28)42(60)56(25-49-33)27-20-43(21-27)12-15-54(16-13-43)39(58)23-44(61)14-17-55(37(47)22-44)36-10-4-26(18-32(36)46)50-35-9-11-38(57)51-41(35)59/h4-8,10,18-19,25,27,35,37,50,52,61H,3,9,11-17,20-23H2,1-2H3,(H,51,57,59). The van der Waals surface area contributed by atoms with Crippen molar-refractivity contribution in [2.24, 2.45) is 5.41 Å². The van der Waals surface area contributed by atoms with Gasteiger partial charge in [-0.2, -0.15) is 18.0 Å². The van der Waals surface area contributed by atoms with Crippen LogP contribution < -0.4 is 30.6 Å². The van der Waals surface area contributed by atoms with Crippen molar-refractivity contribution in [2.75, 3.05) is 48.2 Å². The number of halogens is 3. The highest BCUT2D eigenvalue weighted by atomic mass is 127. The summed E-state index contributed by atoms with van der Waals surface area (Å²) >= 11 is 2.16. The topological polar surface area (TPSA) is 219 Å². The molecule has 4 heterocycles. The third-order valence-corrected chi connectivity index (χ3v) is 15.9. The number of rotatable bonds is 12. The van der Waals surface area contributed by atoms with Crippen LogP contribution in [-0.2, 0) is 24.6 Å². The normalized spacial score (nSPS) is 22.4. The van der Waals surface area contributed by atoms with E-state index in [1.165, 1.54) is 31.6 Å². The van der Waals surface area contributed by atoms with Gasteiger partial charge in [0.2, 0.25) is 17.7 Å². The van der Waals surface area contributed by atoms with Gasteiger partial charge in [0.05, 0.1) is 44.7 Å². The van der Waals surface area contributed by atoms with Gasteiger partial charge in [0.1, 0.15) is 29.2 Å². The van der Waals surface area contributed by atoms with E-state index < -0.39 is 45.1 Å². The summed E-state index contributed by atoms with van der Waals surface area (Å²) in [6, 6.07) is 12.2. The smallest absolute Gasteiger partial charge is 0.301 e. The number of likely N-dealkylation sites (tertiary alicyclic amines) is 1. The fourth-order valence-corrected chi connectivity index (χ4v) is 11.6. The molecule has 1 aromatic heterocycles. The number of aliphatic hydroxyl groups is 1. The van der Waals surface area contributed by atoms with E-state index in [0.29, 0.717) is 55.8 Å². The van der Waals surface area contributed by atoms with Gasteiger partial charge in [0.15, 0.2) is 11.6 Å². The van der Waals surface area contributed by atoms with Crippen LogP contribution in [0.1, 0.15) is 76.3 Å². The summed E-state index contributed by atoms with van der Waals surface area (Å²) in [5, 5.41) is 27.0. The maximum absolute atomic E-state index is 15.4. The van der Waals surface area contributed by atoms with Crippen molar-refractivity contribution in [3.63, 3.8) is 0 Å². The van der Waals surface area contributed by atoms with Crippen LogP contribution >= 0.6 is 22.6 Å². The first-order valence-corrected chi connectivity index (χ1v) is 24.0. The maximum atomic E-state index is 15.4. The average Bonchev–Trinajstić information content (AvgIpc) is 3.25. The Balaban J connectivity index is 0.854. The number of aromatic nitrogens is 2. The Morgan fingerprint density at radius 3 is 2.49 bits per heavy atom. The molecule has 65 heavy (non-hydrogen) atoms. The first-order valence-electron chi connectivity index (χ1n) is 21.4. The molecule has 3 unspecified atom stereocenters. The van der Waals surface area contributed by atoms with Crippen molar-refractivity contribution in [2.45, 2.75) is 86.4 Å². The summed E-state index contributed by atoms with van der Waals surface area (Å²) in [5.74, 6) is -2.79. The third kappa shape index (κ3) is 9.48. The second-order valence-corrected chi connectivity index (χ2v) is 20.6. The molecule has 1 aliphatic carbocycles. The Hall–Kier alpha value is -5.44. The Labute approximate surface area is 387 Å². The first kappa shape index (κ1) is 46.1. The Morgan fingerprint density at radius 1 is 1.06 bits per heavy atom. The van der Waals surface area contributed by atoms with Crippen molar-refractivity contribution in [3.05, 3.63) is 82.4 Å². The number of imide groups is 1. The Bertz CT molecular complexity index is 2770. The molecule has 21 heteroatoms. The largest absolute Gasteiger partial charge is 0.453 e. The van der Waals surface area contributed by atoms with Gasteiger partial charge < -0.3 is 25.0 Å². The second kappa shape index (κ2) is 18.1. The summed E-state index contributed by atoms with van der Waals surface area (Å²) in [5.41, 5.74) is -1.07. The molecule has 344 valence electrons. The monoisotopic (exact) mass is 1030 g/mol. The van der Waals surface area contributed by atoms with Crippen LogP contribution in [0.4, 0.5) is 25.8 Å². The number of anilines is 3. The summed E-state index contributed by atoms with van der Waals surface area (Å²) in [6.45, 7) is 3.14. The number of nitrogens with zero attached hydrogens (tertiary/aromatic N) is 6. The molecule has 3 aliphatic heterocycles. The number of carbonyl (C=O) groups excluding carboxylic acids is 3. The van der Waals surface area contributed by atoms with E-state index in [1.54, 1.807) is 34.6 Å². The van der Waals surface area contributed by atoms with E-state index in [1.807, 2.05) is 11.0 Å². The molecule has 3 atom stereocenters. The summed E-state index contributed by atoms with van der Waals surface area (Å²) in [4.78, 5) is 59.3. The van der Waals surface area contributed by atoms with E-state index in [0.717, 1.165) is 29.3 Å². The lowest BCUT2D eigenvalue weighted by molar-refractivity contribution is -0.141. The quantitative estimate of drug-likeness (QED) is 0.0616. The lowest BCUT2D eigenvalue weighted by Gasteiger charge is -2.52. The number of piperidine rings is 3. The van der Waals surface area contributed by atoms with Gasteiger partial charge in [-0.1, -0.05) is 29.5 Å². The van der Waals surface area contributed by atoms with Crippen molar-refractivity contribution in [1.82, 2.24) is 24.1 Å². The zero-order valence-corrected chi connectivity index (χ0v) is 38.6. The maximum Gasteiger partial charge on any atom is 0.301 e. The number of hydrogen-bond acceptors (Lipinski definition) is 12. The molecule has 17 nitrogen and oxygen atoms in total. The molecular formula is C44H48F2IN9O8S. The van der Waals surface area contributed by atoms with Crippen LogP contribution in [-0.4, -0.2) is 98.9 Å². The van der Waals surface area contributed by atoms with Gasteiger partial charge >= 0.3 is 10.2 Å². The molecule has 4 aromatic rings. The van der Waals surface area contributed by atoms with Gasteiger partial charge in [0.25, 0.3) is 5.56 Å². The molecule has 4 fully saturated rings. The molecule has 3 saturated heterocycles. The van der Waals surface area contributed by atoms with E-state index in [-0.39, 0.29) is 87.5 Å². The highest BCUT2D eigenvalue weighted by molar-refractivity contribution is 14.1. The first-order chi connectivity index (χ1) is 30.9. The van der Waals surface area contributed by atoms with Crippen LogP contribution in [0, 0.1) is 28.4 Å². The number of amides is 3. The van der Waals surface area contributed by atoms with Gasteiger partial charge in [-0.25, -0.2) is 13.8 Å². The van der Waals surface area contributed by atoms with Crippen molar-refractivity contribution < 1.29 is 41.4 Å². The molecule has 4 N–H and O–H groups in total. The SMILES string of the molecule is CCN(C)S(=O)(=O)Nc1ccc(F)c(Oc2ccc3ncn(C4CC5(CCN(C(=O)CC6(O)CCN(c7ccc(NC8CCC(=O)NC8=O)cc7F)C(I)C6)CC5)C4)c(=O)c3c2)c1C#N. The predicted molar refractivity (Wildman–Crippen MR) is 245 cm³/mol. The number of nitriles is 1. The van der Waals surface area contributed by atoms with Gasteiger partial charge in [-0.05, 0) is 92.5 Å². The summed E-state index contributed by atoms with van der Waals surface area (Å²) in [6.07, 6.45) is 5.35. The van der Waals surface area contributed by atoms with Crippen molar-refractivity contribution >= 4 is 78.5 Å². The highest BCUT2D eigenvalue weighted by Gasteiger charge is 2.48. The van der Waals surface area contributed by atoms with E-state index in [2.05, 4.69) is 42.9 Å². The summed E-state index contributed by atoms with van der Waals surface area (Å²) in [7, 11) is -2.68. The van der Waals surface area contributed by atoms with Crippen molar-refractivity contribution in [1.29, 1.82) is 5.26 Å². The fraction of sp³-hybridized carbons (Fsp3) is 0.455. The molecule has 3 amide bonds. The number of ether oxygens (including phenoxy) is 1. The van der Waals surface area contributed by atoms with Crippen LogP contribution in [0.25, 0.3) is 10.9 Å². The number of alkyl halides is 1. The van der Waals surface area contributed by atoms with Crippen molar-refractivity contribution in [3.8, 4) is 17.6 Å². The number of hydrogen-bond donors (Lipinski definition) is 4. The summed E-state index contributed by atoms with van der Waals surface area (Å²) < 4.78 is 66.3. The van der Waals surface area contributed by atoms with E-state index >= 15 is 8.78 Å². The van der Waals surface area contributed by atoms with Crippen LogP contribution in [0.3, 0.4) is 0 Å². The lowest BCUT2D eigenvalue weighted by Crippen LogP contribution is -2.53. The molecule has 4 aliphatic rings. The lowest BCUT2D eigenvalue weighted by atomic mass is 9.60. The average molecular weight is 1030 g/mol. The van der Waals surface area contributed by atoms with Crippen LogP contribution in [0.5, 0.6) is 11.5 Å². The molecule has 0 radical (unpaired) electrons. The number of benzene rings is 3. The predicted octanol–water partition coefficient (Wildman–Crippen LogP) is 5.29. The van der Waals surface area contributed by atoms with E-state index in [4.69, 9.17) is 4.74 Å². The van der Waals surface area contributed by atoms with Gasteiger partial charge in [-0.15, -0.1) is 0 Å². The number of fused-ring (bicyclic) bond motifs is 1. The Morgan fingerprint density at radius 2 is 1.82 bits per heavy atom. The third-order valence-electron chi connectivity index (χ3n) is 13.2. The van der Waals surface area contributed by atoms with Gasteiger partial charge in [-0.3, -0.25) is 33.8 Å². The fourth-order valence-electron chi connectivity index (χ4n) is 9.25. The number of nitrogens with one attached hydrogen (secondary N) is 3. The number of carbonyl (C=O) groups is 3. The van der Waals surface area contributed by atoms with Crippen LogP contribution in [0.2, 0.25) is 0 Å². The highest BCUT2D eigenvalue weighted by Crippen LogP contribution is 2.54. The minimum Gasteiger partial charge on any atom is -0.453 e. The zero-order valence-electron chi connectivity index (χ0n) is 35.7. The molecule has 3 aromatic carbocycles. The van der Waals surface area contributed by atoms with E-state index in [9.17, 15) is 38.0 Å². The molecular weight excluding hydrogens is 980 g/mol. The molecule has 1 saturated carbocycles. The molecule has 1 spiro atoms. The molecule has 0 bridgehead atoms. The van der Waals surface area contributed by atoms with Crippen LogP contribution in [0.15, 0.2) is 59.7 Å². The minimum absolute atomic E-state index is 0.0448. The minimum atomic E-state index is -4.03. The van der Waals surface area contributed by atoms with Gasteiger partial charge in [0, 0.05) is 57.8 Å².